The Morgan fingerprint density at radius 3 is 2.70 bits per heavy atom. The summed E-state index contributed by atoms with van der Waals surface area (Å²) in [5.41, 5.74) is 2.78. The third-order valence-corrected chi connectivity index (χ3v) is 4.98. The van der Waals surface area contributed by atoms with Crippen LogP contribution in [0.3, 0.4) is 0 Å². The van der Waals surface area contributed by atoms with Crippen LogP contribution in [0.25, 0.3) is 0 Å². The second-order valence-electron chi connectivity index (χ2n) is 6.43. The van der Waals surface area contributed by atoms with Crippen LogP contribution >= 0.6 is 11.3 Å². The monoisotopic (exact) mass is 380 g/mol. The lowest BCUT2D eigenvalue weighted by molar-refractivity contribution is 0.0741. The molecule has 3 aromatic rings. The summed E-state index contributed by atoms with van der Waals surface area (Å²) in [7, 11) is 0. The minimum Gasteiger partial charge on any atom is -0.486 e. The number of aryl methyl sites for hydroxylation is 1. The highest BCUT2D eigenvalue weighted by atomic mass is 32.1. The van der Waals surface area contributed by atoms with Gasteiger partial charge in [-0.3, -0.25) is 4.79 Å². The number of amides is 1. The molecule has 0 unspecified atom stereocenters. The van der Waals surface area contributed by atoms with E-state index in [1.54, 1.807) is 11.3 Å². The van der Waals surface area contributed by atoms with Crippen LogP contribution < -0.4 is 4.74 Å². The molecule has 0 aliphatic rings. The van der Waals surface area contributed by atoms with Crippen molar-refractivity contribution in [1.82, 2.24) is 9.88 Å². The maximum Gasteiger partial charge on any atom is 0.254 e. The van der Waals surface area contributed by atoms with E-state index < -0.39 is 0 Å². The molecule has 0 N–H and O–H groups in total. The normalized spacial score (nSPS) is 10.6. The summed E-state index contributed by atoms with van der Waals surface area (Å²) in [6.07, 6.45) is 0.909. The van der Waals surface area contributed by atoms with Gasteiger partial charge >= 0.3 is 0 Å². The Morgan fingerprint density at radius 2 is 1.96 bits per heavy atom. The highest BCUT2D eigenvalue weighted by molar-refractivity contribution is 7.09. The molecule has 0 aliphatic heterocycles. The van der Waals surface area contributed by atoms with Crippen molar-refractivity contribution >= 4 is 17.2 Å². The predicted molar refractivity (Wildman–Crippen MR) is 109 cm³/mol. The zero-order valence-corrected chi connectivity index (χ0v) is 16.5. The largest absolute Gasteiger partial charge is 0.486 e. The van der Waals surface area contributed by atoms with Crippen molar-refractivity contribution in [2.24, 2.45) is 0 Å². The topological polar surface area (TPSA) is 42.4 Å². The maximum absolute atomic E-state index is 12.8. The Bertz CT molecular complexity index is 877. The van der Waals surface area contributed by atoms with Gasteiger partial charge in [-0.15, -0.1) is 11.3 Å². The molecule has 2 aromatic carbocycles. The summed E-state index contributed by atoms with van der Waals surface area (Å²) < 4.78 is 5.82. The van der Waals surface area contributed by atoms with Crippen molar-refractivity contribution in [2.45, 2.75) is 33.4 Å². The van der Waals surface area contributed by atoms with E-state index in [1.807, 2.05) is 71.8 Å². The standard InChI is InChI=1S/C22H24N2O2S/c1-3-12-24(22(25)18-9-5-4-6-10-18)14-19-16-27-21(23-19)15-26-20-11-7-8-17(2)13-20/h4-11,13,16H,3,12,14-15H2,1-2H3. The van der Waals surface area contributed by atoms with Gasteiger partial charge in [0.1, 0.15) is 17.4 Å². The molecule has 1 amide bonds. The van der Waals surface area contributed by atoms with Crippen molar-refractivity contribution in [3.63, 3.8) is 0 Å². The molecule has 0 atom stereocenters. The van der Waals surface area contributed by atoms with Crippen LogP contribution in [0.5, 0.6) is 5.75 Å². The molecule has 4 nitrogen and oxygen atoms in total. The van der Waals surface area contributed by atoms with Crippen LogP contribution in [0.2, 0.25) is 0 Å². The van der Waals surface area contributed by atoms with Gasteiger partial charge in [-0.2, -0.15) is 0 Å². The van der Waals surface area contributed by atoms with Crippen molar-refractivity contribution in [1.29, 1.82) is 0 Å². The molecular formula is C22H24N2O2S. The summed E-state index contributed by atoms with van der Waals surface area (Å²) >= 11 is 1.57. The second kappa shape index (κ2) is 9.33. The van der Waals surface area contributed by atoms with Crippen LogP contribution in [0.1, 0.15) is 40.0 Å². The molecule has 140 valence electrons. The summed E-state index contributed by atoms with van der Waals surface area (Å²) in [6.45, 7) is 5.78. The van der Waals surface area contributed by atoms with Crippen molar-refractivity contribution in [3.8, 4) is 5.75 Å². The Kier molecular flexibility index (Phi) is 6.60. The molecule has 0 saturated heterocycles. The summed E-state index contributed by atoms with van der Waals surface area (Å²) in [6, 6.07) is 17.4. The third kappa shape index (κ3) is 5.41. The molecule has 0 radical (unpaired) electrons. The van der Waals surface area contributed by atoms with Gasteiger partial charge in [0.25, 0.3) is 5.91 Å². The van der Waals surface area contributed by atoms with E-state index in [0.29, 0.717) is 25.3 Å². The van der Waals surface area contributed by atoms with Crippen molar-refractivity contribution in [2.75, 3.05) is 6.54 Å². The fourth-order valence-corrected chi connectivity index (χ4v) is 3.52. The number of aromatic nitrogens is 1. The maximum atomic E-state index is 12.8. The van der Waals surface area contributed by atoms with E-state index in [0.717, 1.165) is 22.9 Å². The number of carbonyl (C=O) groups is 1. The molecule has 0 saturated carbocycles. The number of hydrogen-bond acceptors (Lipinski definition) is 4. The zero-order valence-electron chi connectivity index (χ0n) is 15.7. The Labute approximate surface area is 164 Å². The molecule has 0 fully saturated rings. The SMILES string of the molecule is CCCN(Cc1csc(COc2cccc(C)c2)n1)C(=O)c1ccccc1. The van der Waals surface area contributed by atoms with Crippen molar-refractivity contribution in [3.05, 3.63) is 81.8 Å². The lowest BCUT2D eigenvalue weighted by Gasteiger charge is -2.21. The second-order valence-corrected chi connectivity index (χ2v) is 7.37. The van der Waals surface area contributed by atoms with Gasteiger partial charge in [-0.25, -0.2) is 4.98 Å². The molecule has 0 spiro atoms. The van der Waals surface area contributed by atoms with E-state index in [9.17, 15) is 4.79 Å². The summed E-state index contributed by atoms with van der Waals surface area (Å²) in [5.74, 6) is 0.890. The third-order valence-electron chi connectivity index (χ3n) is 4.11. The number of benzene rings is 2. The molecule has 0 bridgehead atoms. The fourth-order valence-electron chi connectivity index (χ4n) is 2.82. The molecule has 1 aromatic heterocycles. The minimum atomic E-state index is 0.0445. The Morgan fingerprint density at radius 1 is 1.15 bits per heavy atom. The van der Waals surface area contributed by atoms with Crippen LogP contribution in [-0.2, 0) is 13.2 Å². The van der Waals surface area contributed by atoms with Gasteiger partial charge in [-0.05, 0) is 43.2 Å². The smallest absolute Gasteiger partial charge is 0.254 e. The first-order valence-corrected chi connectivity index (χ1v) is 10.0. The number of nitrogens with zero attached hydrogens (tertiary/aromatic N) is 2. The van der Waals surface area contributed by atoms with Gasteiger partial charge in [-0.1, -0.05) is 37.3 Å². The average Bonchev–Trinajstić information content (AvgIpc) is 3.14. The van der Waals surface area contributed by atoms with Crippen LogP contribution in [0.4, 0.5) is 0 Å². The molecule has 5 heteroatoms. The van der Waals surface area contributed by atoms with E-state index in [2.05, 4.69) is 11.9 Å². The first-order chi connectivity index (χ1) is 13.2. The molecule has 27 heavy (non-hydrogen) atoms. The minimum absolute atomic E-state index is 0.0445. The van der Waals surface area contributed by atoms with E-state index >= 15 is 0 Å². The van der Waals surface area contributed by atoms with Crippen LogP contribution in [0.15, 0.2) is 60.0 Å². The lowest BCUT2D eigenvalue weighted by atomic mass is 10.2. The Balaban J connectivity index is 1.63. The summed E-state index contributed by atoms with van der Waals surface area (Å²) in [4.78, 5) is 19.3. The van der Waals surface area contributed by atoms with Gasteiger partial charge in [0.15, 0.2) is 0 Å². The van der Waals surface area contributed by atoms with Crippen LogP contribution in [0, 0.1) is 6.92 Å². The summed E-state index contributed by atoms with van der Waals surface area (Å²) in [5, 5.41) is 2.92. The quantitative estimate of drug-likeness (QED) is 0.547. The van der Waals surface area contributed by atoms with E-state index in [-0.39, 0.29) is 5.91 Å². The number of thiazole rings is 1. The van der Waals surface area contributed by atoms with Gasteiger partial charge in [0.2, 0.25) is 0 Å². The van der Waals surface area contributed by atoms with Gasteiger partial charge in [0.05, 0.1) is 12.2 Å². The van der Waals surface area contributed by atoms with E-state index in [1.165, 1.54) is 5.56 Å². The number of hydrogen-bond donors (Lipinski definition) is 0. The number of rotatable bonds is 8. The highest BCUT2D eigenvalue weighted by Crippen LogP contribution is 2.18. The zero-order chi connectivity index (χ0) is 19.1. The lowest BCUT2D eigenvalue weighted by Crippen LogP contribution is -2.31. The highest BCUT2D eigenvalue weighted by Gasteiger charge is 2.16. The molecule has 1 heterocycles. The van der Waals surface area contributed by atoms with Crippen molar-refractivity contribution < 1.29 is 9.53 Å². The van der Waals surface area contributed by atoms with Crippen LogP contribution in [-0.4, -0.2) is 22.3 Å². The molecular weight excluding hydrogens is 356 g/mol. The molecule has 0 aliphatic carbocycles. The number of carbonyl (C=O) groups excluding carboxylic acids is 1. The first-order valence-electron chi connectivity index (χ1n) is 9.12. The number of ether oxygens (including phenoxy) is 1. The van der Waals surface area contributed by atoms with E-state index in [4.69, 9.17) is 4.74 Å². The van der Waals surface area contributed by atoms with Gasteiger partial charge in [0, 0.05) is 17.5 Å². The molecule has 3 rings (SSSR count). The van der Waals surface area contributed by atoms with Gasteiger partial charge < -0.3 is 9.64 Å². The fraction of sp³-hybridized carbons (Fsp3) is 0.273. The predicted octanol–water partition coefficient (Wildman–Crippen LogP) is 5.08. The average molecular weight is 381 g/mol. The first kappa shape index (κ1) is 19.1. The Hall–Kier alpha value is -2.66.